The van der Waals surface area contributed by atoms with E-state index in [0.717, 1.165) is 23.3 Å². The van der Waals surface area contributed by atoms with Gasteiger partial charge in [-0.15, -0.1) is 0 Å². The Morgan fingerprint density at radius 3 is 2.53 bits per heavy atom. The van der Waals surface area contributed by atoms with Gasteiger partial charge >= 0.3 is 12.1 Å². The second-order valence-electron chi connectivity index (χ2n) is 9.31. The number of carboxylic acid groups (broad SMARTS) is 1. The number of aryl methyl sites for hydroxylation is 1. The van der Waals surface area contributed by atoms with Gasteiger partial charge in [-0.2, -0.15) is 13.2 Å². The summed E-state index contributed by atoms with van der Waals surface area (Å²) in [4.78, 5) is 39.4. The van der Waals surface area contributed by atoms with Gasteiger partial charge in [0.05, 0.1) is 6.04 Å². The topological polar surface area (TPSA) is 90.5 Å². The molecule has 2 fully saturated rings. The molecular weight excluding hydrogens is 497 g/mol. The standard InChI is InChI=1S/C26H26ClF3N2O4/c27-21-12-17(7-6-16(21)2-1-3-24(34)35)20(22-10-9-19(15-4-5-15)25(36)31-22)13-18-8-11-23(33)32(18)14-26(28,29)30/h6-7,9-10,12-13,15,18H,1-5,8,11,14H2,(H,31,36)(H,34,35)/b20-13+/t18-/m1/s1. The van der Waals surface area contributed by atoms with Crippen molar-refractivity contribution >= 4 is 29.1 Å². The minimum absolute atomic E-state index is 0.00254. The Labute approximate surface area is 210 Å². The normalized spacial score (nSPS) is 18.7. The lowest BCUT2D eigenvalue weighted by molar-refractivity contribution is -0.159. The van der Waals surface area contributed by atoms with Gasteiger partial charge in [-0.3, -0.25) is 14.4 Å². The Balaban J connectivity index is 1.71. The van der Waals surface area contributed by atoms with Crippen LogP contribution in [0.2, 0.25) is 5.02 Å². The number of aromatic amines is 1. The number of carbonyl (C=O) groups is 2. The first-order valence-electron chi connectivity index (χ1n) is 11.8. The zero-order chi connectivity index (χ0) is 26.0. The molecule has 1 saturated carbocycles. The van der Waals surface area contributed by atoms with Crippen molar-refractivity contribution in [1.82, 2.24) is 9.88 Å². The van der Waals surface area contributed by atoms with E-state index >= 15 is 0 Å². The van der Waals surface area contributed by atoms with Crippen LogP contribution < -0.4 is 5.56 Å². The van der Waals surface area contributed by atoms with Gasteiger partial charge in [0.15, 0.2) is 0 Å². The SMILES string of the molecule is O=C(O)CCCc1ccc(/C(=C\[C@H]2CCC(=O)N2CC(F)(F)F)c2ccc(C3CC3)c(=O)[nH]2)cc1Cl. The number of likely N-dealkylation sites (tertiary alicyclic amines) is 1. The van der Waals surface area contributed by atoms with Crippen molar-refractivity contribution < 1.29 is 27.9 Å². The predicted octanol–water partition coefficient (Wildman–Crippen LogP) is 5.30. The summed E-state index contributed by atoms with van der Waals surface area (Å²) in [6, 6.07) is 7.83. The van der Waals surface area contributed by atoms with Gasteiger partial charge in [0.25, 0.3) is 5.56 Å². The Bertz CT molecular complexity index is 1250. The predicted molar refractivity (Wildman–Crippen MR) is 129 cm³/mol. The summed E-state index contributed by atoms with van der Waals surface area (Å²) in [7, 11) is 0. The molecule has 4 rings (SSSR count). The number of hydrogen-bond acceptors (Lipinski definition) is 3. The lowest BCUT2D eigenvalue weighted by Crippen LogP contribution is -2.39. The number of carbonyl (C=O) groups excluding carboxylic acids is 1. The largest absolute Gasteiger partial charge is 0.481 e. The average molecular weight is 523 g/mol. The van der Waals surface area contributed by atoms with Gasteiger partial charge in [0.1, 0.15) is 6.54 Å². The first kappa shape index (κ1) is 26.0. The fourth-order valence-electron chi connectivity index (χ4n) is 4.57. The smallest absolute Gasteiger partial charge is 0.406 e. The molecule has 1 saturated heterocycles. The molecule has 1 atom stereocenters. The number of rotatable bonds is 9. The van der Waals surface area contributed by atoms with Crippen LogP contribution in [0.4, 0.5) is 13.2 Å². The molecule has 0 unspecified atom stereocenters. The second kappa shape index (κ2) is 10.5. The highest BCUT2D eigenvalue weighted by molar-refractivity contribution is 6.31. The van der Waals surface area contributed by atoms with E-state index in [1.165, 1.54) is 0 Å². The maximum absolute atomic E-state index is 13.1. The third kappa shape index (κ3) is 6.37. The van der Waals surface area contributed by atoms with Crippen LogP contribution in [0, 0.1) is 0 Å². The maximum Gasteiger partial charge on any atom is 0.406 e. The molecule has 1 aliphatic carbocycles. The molecule has 1 aromatic heterocycles. The number of benzene rings is 1. The molecule has 2 heterocycles. The molecule has 0 spiro atoms. The summed E-state index contributed by atoms with van der Waals surface area (Å²) < 4.78 is 39.4. The minimum Gasteiger partial charge on any atom is -0.481 e. The monoisotopic (exact) mass is 522 g/mol. The Kier molecular flexibility index (Phi) is 7.59. The Morgan fingerprint density at radius 2 is 1.92 bits per heavy atom. The van der Waals surface area contributed by atoms with Crippen LogP contribution in [0.15, 0.2) is 41.2 Å². The molecule has 1 amide bonds. The fraction of sp³-hybridized carbons (Fsp3) is 0.423. The fourth-order valence-corrected chi connectivity index (χ4v) is 4.84. The number of H-pyrrole nitrogens is 1. The Morgan fingerprint density at radius 1 is 1.17 bits per heavy atom. The van der Waals surface area contributed by atoms with Crippen molar-refractivity contribution in [3.63, 3.8) is 0 Å². The first-order valence-corrected chi connectivity index (χ1v) is 12.2. The lowest BCUT2D eigenvalue weighted by Gasteiger charge is -2.25. The third-order valence-electron chi connectivity index (χ3n) is 6.53. The number of alkyl halides is 3. The van der Waals surface area contributed by atoms with Gasteiger partial charge in [0, 0.05) is 34.7 Å². The number of aliphatic carboxylic acids is 1. The second-order valence-corrected chi connectivity index (χ2v) is 9.71. The number of halogens is 4. The van der Waals surface area contributed by atoms with Crippen LogP contribution in [-0.2, 0) is 16.0 Å². The number of hydrogen-bond donors (Lipinski definition) is 2. The summed E-state index contributed by atoms with van der Waals surface area (Å²) in [6.07, 6.45) is 0.0397. The van der Waals surface area contributed by atoms with E-state index in [0.29, 0.717) is 40.3 Å². The number of amides is 1. The lowest BCUT2D eigenvalue weighted by atomic mass is 9.96. The van der Waals surface area contributed by atoms with Crippen LogP contribution in [-0.4, -0.2) is 45.6 Å². The number of carboxylic acids is 1. The van der Waals surface area contributed by atoms with Gasteiger partial charge < -0.3 is 15.0 Å². The quantitative estimate of drug-likeness (QED) is 0.468. The van der Waals surface area contributed by atoms with Gasteiger partial charge in [-0.05, 0) is 61.3 Å². The molecule has 192 valence electrons. The van der Waals surface area contributed by atoms with E-state index in [-0.39, 0.29) is 30.7 Å². The molecule has 36 heavy (non-hydrogen) atoms. The zero-order valence-corrected chi connectivity index (χ0v) is 20.2. The van der Waals surface area contributed by atoms with Gasteiger partial charge in [-0.25, -0.2) is 0 Å². The maximum atomic E-state index is 13.1. The molecule has 2 N–H and O–H groups in total. The molecular formula is C26H26ClF3N2O4. The number of nitrogens with zero attached hydrogens (tertiary/aromatic N) is 1. The number of nitrogens with one attached hydrogen (secondary N) is 1. The molecule has 2 aliphatic rings. The highest BCUT2D eigenvalue weighted by atomic mass is 35.5. The summed E-state index contributed by atoms with van der Waals surface area (Å²) in [5.41, 5.74) is 2.65. The van der Waals surface area contributed by atoms with Crippen LogP contribution >= 0.6 is 11.6 Å². The first-order chi connectivity index (χ1) is 17.0. The van der Waals surface area contributed by atoms with Gasteiger partial charge in [0.2, 0.25) is 5.91 Å². The summed E-state index contributed by atoms with van der Waals surface area (Å²) >= 11 is 6.48. The van der Waals surface area contributed by atoms with Crippen molar-refractivity contribution in [3.8, 4) is 0 Å². The highest BCUT2D eigenvalue weighted by Gasteiger charge is 2.39. The number of aromatic nitrogens is 1. The van der Waals surface area contributed by atoms with E-state index in [9.17, 15) is 27.6 Å². The van der Waals surface area contributed by atoms with Crippen molar-refractivity contribution in [2.24, 2.45) is 0 Å². The molecule has 0 radical (unpaired) electrons. The van der Waals surface area contributed by atoms with Crippen LogP contribution in [0.1, 0.15) is 66.8 Å². The molecule has 0 bridgehead atoms. The summed E-state index contributed by atoms with van der Waals surface area (Å²) in [5.74, 6) is -1.25. The molecule has 1 aliphatic heterocycles. The summed E-state index contributed by atoms with van der Waals surface area (Å²) in [6.45, 7) is -1.35. The van der Waals surface area contributed by atoms with Gasteiger partial charge in [-0.1, -0.05) is 35.9 Å². The van der Waals surface area contributed by atoms with E-state index in [2.05, 4.69) is 4.98 Å². The van der Waals surface area contributed by atoms with Crippen molar-refractivity contribution in [1.29, 1.82) is 0 Å². The van der Waals surface area contributed by atoms with Crippen molar-refractivity contribution in [3.05, 3.63) is 74.2 Å². The van der Waals surface area contributed by atoms with E-state index in [4.69, 9.17) is 16.7 Å². The molecule has 10 heteroatoms. The Hall–Kier alpha value is -3.07. The molecule has 2 aromatic rings. The van der Waals surface area contributed by atoms with Crippen molar-refractivity contribution in [2.45, 2.75) is 63.1 Å². The molecule has 1 aromatic carbocycles. The van der Waals surface area contributed by atoms with E-state index in [1.54, 1.807) is 36.4 Å². The van der Waals surface area contributed by atoms with E-state index < -0.39 is 30.6 Å². The third-order valence-corrected chi connectivity index (χ3v) is 6.88. The van der Waals surface area contributed by atoms with Crippen LogP contribution in [0.3, 0.4) is 0 Å². The van der Waals surface area contributed by atoms with E-state index in [1.807, 2.05) is 0 Å². The zero-order valence-electron chi connectivity index (χ0n) is 19.4. The van der Waals surface area contributed by atoms with Crippen molar-refractivity contribution in [2.75, 3.05) is 6.54 Å². The van der Waals surface area contributed by atoms with Crippen LogP contribution in [0.5, 0.6) is 0 Å². The highest BCUT2D eigenvalue weighted by Crippen LogP contribution is 2.38. The minimum atomic E-state index is -4.53. The average Bonchev–Trinajstić information content (AvgIpc) is 3.58. The molecule has 6 nitrogen and oxygen atoms in total. The number of pyridine rings is 1. The van der Waals surface area contributed by atoms with Crippen LogP contribution in [0.25, 0.3) is 5.57 Å². The summed E-state index contributed by atoms with van der Waals surface area (Å²) in [5, 5.41) is 9.25.